The molecule has 8 rings (SSSR count). The van der Waals surface area contributed by atoms with Crippen LogP contribution in [0.3, 0.4) is 0 Å². The Morgan fingerprint density at radius 1 is 0.476 bits per heavy atom. The van der Waals surface area contributed by atoms with Gasteiger partial charge in [-0.15, -0.1) is 0 Å². The molecule has 2 aliphatic heterocycles. The van der Waals surface area contributed by atoms with Crippen LogP contribution in [0.5, 0.6) is 86.2 Å². The summed E-state index contributed by atoms with van der Waals surface area (Å²) in [6.45, 7) is 0. The Labute approximate surface area is 351 Å². The Morgan fingerprint density at radius 2 is 0.921 bits per heavy atom. The van der Waals surface area contributed by atoms with Crippen LogP contribution in [-0.4, -0.2) is 90.5 Å². The number of phenols is 12. The summed E-state index contributed by atoms with van der Waals surface area (Å²) < 4.78 is 23.6. The van der Waals surface area contributed by atoms with E-state index in [1.807, 2.05) is 0 Å². The monoisotopic (exact) mass is 868 g/mol. The standard InChI is InChI=1S/C43H32O20/c44-18-8-23(46)20-12-32(62-42(58)16-4-25(48)36(54)26(49)5-16)40(60-30(20)10-18)15-1-14-2-22(35(53)39(57)34(14)38(56)29(52)3-15)41-33(13-21-24(47)9-19(45)11-31(21)61-41)63-43(59)17-6-27(50)37(55)28(51)7-17/h1-11,32-33,40-41,44-51,53-55,57H,12-13H2,(H,52,56)/t32-,33-,40-,41+/m1/s1. The van der Waals surface area contributed by atoms with Crippen LogP contribution < -0.4 is 14.9 Å². The molecule has 0 unspecified atom stereocenters. The van der Waals surface area contributed by atoms with Crippen molar-refractivity contribution < 1.29 is 94.9 Å². The number of benzene rings is 5. The molecule has 13 N–H and O–H groups in total. The number of esters is 2. The molecule has 2 heterocycles. The van der Waals surface area contributed by atoms with Crippen molar-refractivity contribution in [3.8, 4) is 86.2 Å². The third-order valence-corrected chi connectivity index (χ3v) is 10.5. The minimum atomic E-state index is -1.66. The van der Waals surface area contributed by atoms with Crippen molar-refractivity contribution in [3.05, 3.63) is 110 Å². The van der Waals surface area contributed by atoms with Crippen LogP contribution in [-0.2, 0) is 22.3 Å². The number of carbonyl (C=O) groups excluding carboxylic acids is 2. The summed E-state index contributed by atoms with van der Waals surface area (Å²) in [4.78, 5) is 40.5. The number of rotatable bonds is 6. The van der Waals surface area contributed by atoms with Gasteiger partial charge in [0.25, 0.3) is 0 Å². The third kappa shape index (κ3) is 7.19. The molecule has 2 aliphatic rings. The molecule has 0 aromatic heterocycles. The quantitative estimate of drug-likeness (QED) is 0.0824. The van der Waals surface area contributed by atoms with Gasteiger partial charge >= 0.3 is 11.9 Å². The lowest BCUT2D eigenvalue weighted by molar-refractivity contribution is -0.0195. The second-order valence-corrected chi connectivity index (χ2v) is 14.6. The summed E-state index contributed by atoms with van der Waals surface area (Å²) in [6.07, 6.45) is -7.02. The van der Waals surface area contributed by atoms with Crippen molar-refractivity contribution >= 4 is 22.7 Å². The number of hydrogen-bond acceptors (Lipinski definition) is 20. The van der Waals surface area contributed by atoms with Crippen molar-refractivity contribution in [1.82, 2.24) is 0 Å². The highest BCUT2D eigenvalue weighted by atomic mass is 16.6. The molecule has 0 saturated carbocycles. The molecule has 6 aromatic rings. The Morgan fingerprint density at radius 3 is 1.40 bits per heavy atom. The fraction of sp³-hybridized carbons (Fsp3) is 0.140. The summed E-state index contributed by atoms with van der Waals surface area (Å²) in [5.41, 5.74) is -2.63. The lowest BCUT2D eigenvalue weighted by Gasteiger charge is -2.34. The highest BCUT2D eigenvalue weighted by Gasteiger charge is 2.41. The third-order valence-electron chi connectivity index (χ3n) is 10.5. The number of phenolic OH excluding ortho intramolecular Hbond substituents is 12. The maximum absolute atomic E-state index is 13.6. The molecule has 0 fully saturated rings. The first-order chi connectivity index (χ1) is 29.8. The van der Waals surface area contributed by atoms with Crippen LogP contribution >= 0.6 is 0 Å². The fourth-order valence-corrected chi connectivity index (χ4v) is 7.51. The Bertz CT molecular complexity index is 2950. The number of ether oxygens (including phenoxy) is 4. The molecule has 6 aromatic carbocycles. The van der Waals surface area contributed by atoms with Gasteiger partial charge in [-0.2, -0.15) is 0 Å². The number of carbonyl (C=O) groups is 2. The van der Waals surface area contributed by atoms with Gasteiger partial charge in [0.15, 0.2) is 64.0 Å². The molecule has 0 spiro atoms. The maximum atomic E-state index is 13.6. The van der Waals surface area contributed by atoms with Gasteiger partial charge in [-0.05, 0) is 47.9 Å². The molecule has 0 aliphatic carbocycles. The maximum Gasteiger partial charge on any atom is 0.338 e. The predicted octanol–water partition coefficient (Wildman–Crippen LogP) is 4.18. The Hall–Kier alpha value is -8.81. The number of hydrogen-bond donors (Lipinski definition) is 13. The van der Waals surface area contributed by atoms with Crippen LogP contribution in [0.15, 0.2) is 71.5 Å². The van der Waals surface area contributed by atoms with Gasteiger partial charge in [0.05, 0.1) is 16.5 Å². The first-order valence-electron chi connectivity index (χ1n) is 18.4. The number of aromatic hydroxyl groups is 13. The molecule has 0 bridgehead atoms. The first kappa shape index (κ1) is 40.9. The van der Waals surface area contributed by atoms with E-state index in [1.165, 1.54) is 6.07 Å². The van der Waals surface area contributed by atoms with E-state index in [-0.39, 0.29) is 45.6 Å². The van der Waals surface area contributed by atoms with Crippen molar-refractivity contribution in [3.63, 3.8) is 0 Å². The minimum absolute atomic E-state index is 0.00944. The van der Waals surface area contributed by atoms with E-state index in [0.717, 1.165) is 60.7 Å². The van der Waals surface area contributed by atoms with Crippen molar-refractivity contribution in [2.75, 3.05) is 0 Å². The SMILES string of the molecule is O=C(O[C@@H]1Cc2c(O)cc(O)cc2O[C@@H]1c1cc(=O)c(O)c2c(O)c(O)c([C@@H]3Oc4cc(O)cc(O)c4C[C@H]3OC(=O)c3cc(O)c(O)c(O)c3)cc2c1)c1cc(O)c(O)c(O)c1. The van der Waals surface area contributed by atoms with Gasteiger partial charge in [-0.25, -0.2) is 9.59 Å². The summed E-state index contributed by atoms with van der Waals surface area (Å²) in [5.74, 6) is -13.2. The zero-order valence-electron chi connectivity index (χ0n) is 31.7. The van der Waals surface area contributed by atoms with Gasteiger partial charge in [-0.1, -0.05) is 0 Å². The van der Waals surface area contributed by atoms with Crippen LogP contribution in [0.25, 0.3) is 10.8 Å². The Balaban J connectivity index is 1.27. The zero-order valence-corrected chi connectivity index (χ0v) is 31.7. The highest BCUT2D eigenvalue weighted by molar-refractivity contribution is 5.96. The molecule has 0 saturated heterocycles. The topological polar surface area (TPSA) is 351 Å². The first-order valence-corrected chi connectivity index (χ1v) is 18.4. The van der Waals surface area contributed by atoms with Gasteiger partial charge in [0.1, 0.15) is 46.7 Å². The van der Waals surface area contributed by atoms with Crippen LogP contribution in [0.1, 0.15) is 55.2 Å². The second-order valence-electron chi connectivity index (χ2n) is 14.6. The van der Waals surface area contributed by atoms with Gasteiger partial charge < -0.3 is 85.3 Å². The second kappa shape index (κ2) is 15.0. The molecule has 0 radical (unpaired) electrons. The van der Waals surface area contributed by atoms with Crippen molar-refractivity contribution in [2.45, 2.75) is 37.3 Å². The van der Waals surface area contributed by atoms with E-state index in [4.69, 9.17) is 18.9 Å². The molecule has 0 amide bonds. The summed E-state index contributed by atoms with van der Waals surface area (Å²) in [5, 5.41) is 135. The van der Waals surface area contributed by atoms with Crippen molar-refractivity contribution in [1.29, 1.82) is 0 Å². The molecule has 20 nitrogen and oxygen atoms in total. The van der Waals surface area contributed by atoms with E-state index in [9.17, 15) is 80.8 Å². The lowest BCUT2D eigenvalue weighted by atomic mass is 9.91. The summed E-state index contributed by atoms with van der Waals surface area (Å²) >= 11 is 0. The summed E-state index contributed by atoms with van der Waals surface area (Å²) in [6, 6.07) is 10.4. The van der Waals surface area contributed by atoms with E-state index in [0.29, 0.717) is 0 Å². The smallest absolute Gasteiger partial charge is 0.338 e. The van der Waals surface area contributed by atoms with E-state index >= 15 is 0 Å². The largest absolute Gasteiger partial charge is 0.508 e. The fourth-order valence-electron chi connectivity index (χ4n) is 7.51. The van der Waals surface area contributed by atoms with Crippen molar-refractivity contribution in [2.24, 2.45) is 0 Å². The van der Waals surface area contributed by atoms with E-state index in [1.54, 1.807) is 0 Å². The van der Waals surface area contributed by atoms with Crippen LogP contribution in [0.2, 0.25) is 0 Å². The minimum Gasteiger partial charge on any atom is -0.508 e. The van der Waals surface area contributed by atoms with Crippen LogP contribution in [0.4, 0.5) is 0 Å². The molecule has 4 atom stereocenters. The average molecular weight is 869 g/mol. The molecule has 20 heteroatoms. The zero-order chi connectivity index (χ0) is 45.3. The molecule has 324 valence electrons. The average Bonchev–Trinajstić information content (AvgIpc) is 3.34. The summed E-state index contributed by atoms with van der Waals surface area (Å²) in [7, 11) is 0. The molecular formula is C43H32O20. The predicted molar refractivity (Wildman–Crippen MR) is 210 cm³/mol. The highest BCUT2D eigenvalue weighted by Crippen LogP contribution is 2.50. The van der Waals surface area contributed by atoms with Gasteiger partial charge in [0, 0.05) is 59.4 Å². The molecule has 63 heavy (non-hydrogen) atoms. The molecular weight excluding hydrogens is 836 g/mol. The number of fused-ring (bicyclic) bond motifs is 3. The van der Waals surface area contributed by atoms with Gasteiger partial charge in [0.2, 0.25) is 5.43 Å². The van der Waals surface area contributed by atoms with Gasteiger partial charge in [-0.3, -0.25) is 4.79 Å². The van der Waals surface area contributed by atoms with E-state index in [2.05, 4.69) is 0 Å². The normalized spacial score (nSPS) is 17.7. The van der Waals surface area contributed by atoms with E-state index < -0.39 is 139 Å². The van der Waals surface area contributed by atoms with Crippen LogP contribution in [0, 0.1) is 0 Å². The Kier molecular flexibility index (Phi) is 9.77. The lowest BCUT2D eigenvalue weighted by Crippen LogP contribution is -2.35.